The van der Waals surface area contributed by atoms with Gasteiger partial charge in [-0.05, 0) is 39.2 Å². The van der Waals surface area contributed by atoms with E-state index in [2.05, 4.69) is 12.7 Å². The van der Waals surface area contributed by atoms with Gasteiger partial charge in [0.05, 0.1) is 12.0 Å². The smallest absolute Gasteiger partial charge is 0.334 e. The van der Waals surface area contributed by atoms with Gasteiger partial charge in [0.2, 0.25) is 0 Å². The van der Waals surface area contributed by atoms with Crippen LogP contribution in [-0.2, 0) is 9.53 Å². The molecule has 1 heterocycles. The fraction of sp³-hybridized carbons (Fsp3) is 0.533. The number of carbonyl (C=O) groups is 1. The summed E-state index contributed by atoms with van der Waals surface area (Å²) in [6.07, 6.45) is 5.65. The topological polar surface area (TPSA) is 46.5 Å². The van der Waals surface area contributed by atoms with Crippen molar-refractivity contribution in [3.63, 3.8) is 0 Å². The first-order valence-corrected chi connectivity index (χ1v) is 6.40. The highest BCUT2D eigenvalue weighted by Gasteiger charge is 2.41. The molecule has 0 bridgehead atoms. The number of rotatable bonds is 0. The Kier molecular flexibility index (Phi) is 3.71. The van der Waals surface area contributed by atoms with Crippen LogP contribution in [0.1, 0.15) is 33.1 Å². The Morgan fingerprint density at radius 2 is 2.11 bits per heavy atom. The molecule has 0 unspecified atom stereocenters. The predicted molar refractivity (Wildman–Crippen MR) is 69.9 cm³/mol. The quantitative estimate of drug-likeness (QED) is 0.407. The van der Waals surface area contributed by atoms with E-state index in [0.29, 0.717) is 12.0 Å². The maximum Gasteiger partial charge on any atom is 0.334 e. The van der Waals surface area contributed by atoms with Crippen LogP contribution in [0.4, 0.5) is 0 Å². The van der Waals surface area contributed by atoms with Crippen LogP contribution in [0.15, 0.2) is 35.5 Å². The van der Waals surface area contributed by atoms with Gasteiger partial charge in [-0.25, -0.2) is 4.79 Å². The minimum Gasteiger partial charge on any atom is -0.454 e. The van der Waals surface area contributed by atoms with Crippen LogP contribution in [-0.4, -0.2) is 23.3 Å². The number of allylic oxidation sites excluding steroid dienone is 2. The lowest BCUT2D eigenvalue weighted by atomic mass is 9.86. The van der Waals surface area contributed by atoms with E-state index in [-0.39, 0.29) is 18.0 Å². The van der Waals surface area contributed by atoms with Crippen LogP contribution in [0.5, 0.6) is 0 Å². The first-order valence-electron chi connectivity index (χ1n) is 6.40. The lowest BCUT2D eigenvalue weighted by Crippen LogP contribution is -2.28. The second-order valence-corrected chi connectivity index (χ2v) is 5.29. The van der Waals surface area contributed by atoms with E-state index in [1.807, 2.05) is 19.9 Å². The van der Waals surface area contributed by atoms with Crippen LogP contribution < -0.4 is 0 Å². The van der Waals surface area contributed by atoms with Crippen LogP contribution in [0, 0.1) is 5.92 Å². The number of fused-ring (bicyclic) bond motifs is 1. The Morgan fingerprint density at radius 3 is 2.83 bits per heavy atom. The highest BCUT2D eigenvalue weighted by molar-refractivity contribution is 5.91. The van der Waals surface area contributed by atoms with E-state index in [1.54, 1.807) is 0 Å². The Balaban J connectivity index is 2.33. The summed E-state index contributed by atoms with van der Waals surface area (Å²) >= 11 is 0. The molecule has 1 saturated heterocycles. The van der Waals surface area contributed by atoms with Gasteiger partial charge in [0.1, 0.15) is 6.10 Å². The average Bonchev–Trinajstić information content (AvgIpc) is 2.53. The number of carbonyl (C=O) groups excluding carboxylic acids is 1. The summed E-state index contributed by atoms with van der Waals surface area (Å²) in [4.78, 5) is 11.6. The monoisotopic (exact) mass is 248 g/mol. The second kappa shape index (κ2) is 5.11. The van der Waals surface area contributed by atoms with Crippen molar-refractivity contribution in [3.8, 4) is 0 Å². The number of ether oxygens (including phenoxy) is 1. The molecule has 3 atom stereocenters. The molecule has 0 spiro atoms. The summed E-state index contributed by atoms with van der Waals surface area (Å²) in [6.45, 7) is 7.81. The molecule has 18 heavy (non-hydrogen) atoms. The van der Waals surface area contributed by atoms with E-state index in [9.17, 15) is 9.90 Å². The van der Waals surface area contributed by atoms with E-state index in [0.717, 1.165) is 18.4 Å². The molecule has 2 rings (SSSR count). The van der Waals surface area contributed by atoms with Crippen molar-refractivity contribution in [2.45, 2.75) is 45.3 Å². The van der Waals surface area contributed by atoms with Crippen molar-refractivity contribution in [1.29, 1.82) is 0 Å². The largest absolute Gasteiger partial charge is 0.454 e. The van der Waals surface area contributed by atoms with Crippen LogP contribution in [0.25, 0.3) is 0 Å². The molecule has 98 valence electrons. The number of hydrogen-bond acceptors (Lipinski definition) is 3. The molecule has 0 aromatic carbocycles. The van der Waals surface area contributed by atoms with Crippen LogP contribution >= 0.6 is 0 Å². The molecule has 3 heteroatoms. The maximum atomic E-state index is 11.6. The van der Waals surface area contributed by atoms with Gasteiger partial charge in [-0.3, -0.25) is 0 Å². The molecule has 0 amide bonds. The van der Waals surface area contributed by atoms with Crippen molar-refractivity contribution in [2.75, 3.05) is 0 Å². The lowest BCUT2D eigenvalue weighted by Gasteiger charge is -2.23. The average molecular weight is 248 g/mol. The van der Waals surface area contributed by atoms with Crippen molar-refractivity contribution in [3.05, 3.63) is 35.5 Å². The number of aliphatic hydroxyl groups is 1. The summed E-state index contributed by atoms with van der Waals surface area (Å²) < 4.78 is 5.29. The standard InChI is InChI=1S/C15H20O3/c1-9-5-4-6-10(2)8-13-14(12(16)7-9)11(3)15(17)18-13/h5,8,12-14,16H,3-4,6-7H2,1-2H3/b9-5+,10-8?/t12-,13-,14-/m1/s1. The highest BCUT2D eigenvalue weighted by atomic mass is 16.6. The van der Waals surface area contributed by atoms with Gasteiger partial charge in [-0.1, -0.05) is 23.8 Å². The first kappa shape index (κ1) is 13.1. The zero-order valence-electron chi connectivity index (χ0n) is 11.0. The Morgan fingerprint density at radius 1 is 1.39 bits per heavy atom. The first-order chi connectivity index (χ1) is 8.49. The van der Waals surface area contributed by atoms with Gasteiger partial charge in [-0.2, -0.15) is 0 Å². The van der Waals surface area contributed by atoms with Gasteiger partial charge in [0.25, 0.3) is 0 Å². The third-order valence-corrected chi connectivity index (χ3v) is 3.69. The Labute approximate surface area is 108 Å². The molecule has 3 nitrogen and oxygen atoms in total. The van der Waals surface area contributed by atoms with E-state index < -0.39 is 6.10 Å². The molecular weight excluding hydrogens is 228 g/mol. The minimum absolute atomic E-state index is 0.311. The van der Waals surface area contributed by atoms with Crippen LogP contribution in [0.3, 0.4) is 0 Å². The molecule has 2 aliphatic rings. The van der Waals surface area contributed by atoms with Gasteiger partial charge < -0.3 is 9.84 Å². The fourth-order valence-electron chi connectivity index (χ4n) is 2.65. The van der Waals surface area contributed by atoms with Crippen molar-refractivity contribution in [2.24, 2.45) is 5.92 Å². The van der Waals surface area contributed by atoms with Crippen molar-refractivity contribution >= 4 is 5.97 Å². The summed E-state index contributed by atoms with van der Waals surface area (Å²) in [5.74, 6) is -0.692. The Bertz CT molecular complexity index is 431. The molecular formula is C15H20O3. The second-order valence-electron chi connectivity index (χ2n) is 5.29. The van der Waals surface area contributed by atoms with Gasteiger partial charge in [0.15, 0.2) is 0 Å². The van der Waals surface area contributed by atoms with Gasteiger partial charge >= 0.3 is 5.97 Å². The maximum absolute atomic E-state index is 11.6. The normalized spacial score (nSPS) is 36.3. The molecule has 1 aliphatic carbocycles. The summed E-state index contributed by atoms with van der Waals surface area (Å²) in [5.41, 5.74) is 2.73. The van der Waals surface area contributed by atoms with Gasteiger partial charge in [-0.15, -0.1) is 0 Å². The van der Waals surface area contributed by atoms with Gasteiger partial charge in [0, 0.05) is 5.57 Å². The fourth-order valence-corrected chi connectivity index (χ4v) is 2.65. The summed E-state index contributed by atoms with van der Waals surface area (Å²) in [5, 5.41) is 10.3. The SMILES string of the molecule is C=C1C(=O)O[C@@H]2C=C(C)CC/C=C(\C)C[C@@H](O)[C@@H]12. The van der Waals surface area contributed by atoms with Crippen molar-refractivity contribution in [1.82, 2.24) is 0 Å². The number of aliphatic hydroxyl groups excluding tert-OH is 1. The molecule has 0 aromatic heterocycles. The van der Waals surface area contributed by atoms with Crippen molar-refractivity contribution < 1.29 is 14.6 Å². The lowest BCUT2D eigenvalue weighted by molar-refractivity contribution is -0.137. The highest BCUT2D eigenvalue weighted by Crippen LogP contribution is 2.34. The number of hydrogen-bond donors (Lipinski definition) is 1. The predicted octanol–water partition coefficient (Wildman–Crippen LogP) is 2.52. The molecule has 0 saturated carbocycles. The summed E-state index contributed by atoms with van der Waals surface area (Å²) in [7, 11) is 0. The third kappa shape index (κ3) is 2.56. The molecule has 0 aromatic rings. The third-order valence-electron chi connectivity index (χ3n) is 3.69. The summed E-state index contributed by atoms with van der Waals surface area (Å²) in [6, 6.07) is 0. The number of esters is 1. The molecule has 1 N–H and O–H groups in total. The van der Waals surface area contributed by atoms with E-state index >= 15 is 0 Å². The zero-order valence-corrected chi connectivity index (χ0v) is 11.0. The van der Waals surface area contributed by atoms with Crippen LogP contribution in [0.2, 0.25) is 0 Å². The molecule has 1 fully saturated rings. The molecule has 0 radical (unpaired) electrons. The minimum atomic E-state index is -0.604. The van der Waals surface area contributed by atoms with E-state index in [4.69, 9.17) is 4.74 Å². The van der Waals surface area contributed by atoms with E-state index in [1.165, 1.54) is 5.57 Å². The zero-order chi connectivity index (χ0) is 13.3. The molecule has 1 aliphatic heterocycles. The Hall–Kier alpha value is -1.35.